The van der Waals surface area contributed by atoms with Gasteiger partial charge in [-0.3, -0.25) is 0 Å². The number of nitrogens with zero attached hydrogens (tertiary/aromatic N) is 2. The number of hydrogen-bond donors (Lipinski definition) is 1. The fourth-order valence-corrected chi connectivity index (χ4v) is 1.97. The molecule has 1 heterocycles. The highest BCUT2D eigenvalue weighted by Gasteiger charge is 2.08. The molecule has 0 aromatic carbocycles. The molecule has 0 amide bonds. The molecule has 0 aliphatic rings. The molecule has 0 spiro atoms. The lowest BCUT2D eigenvalue weighted by molar-refractivity contribution is 0.408. The van der Waals surface area contributed by atoms with Gasteiger partial charge in [-0.05, 0) is 18.4 Å². The second-order valence-corrected chi connectivity index (χ2v) is 5.24. The first-order chi connectivity index (χ1) is 8.17. The van der Waals surface area contributed by atoms with E-state index in [4.69, 9.17) is 0 Å². The van der Waals surface area contributed by atoms with Crippen molar-refractivity contribution in [2.75, 3.05) is 6.54 Å². The molecule has 0 radical (unpaired) electrons. The minimum atomic E-state index is 0.699. The summed E-state index contributed by atoms with van der Waals surface area (Å²) < 4.78 is 2.30. The van der Waals surface area contributed by atoms with E-state index in [0.29, 0.717) is 5.92 Å². The van der Waals surface area contributed by atoms with Crippen molar-refractivity contribution < 1.29 is 0 Å². The summed E-state index contributed by atoms with van der Waals surface area (Å²) >= 11 is 0. The molecule has 3 heteroatoms. The molecule has 0 aliphatic heterocycles. The quantitative estimate of drug-likeness (QED) is 0.753. The Hall–Kier alpha value is -0.830. The Labute approximate surface area is 106 Å². The molecule has 1 aromatic rings. The van der Waals surface area contributed by atoms with Crippen molar-refractivity contribution in [3.8, 4) is 0 Å². The lowest BCUT2D eigenvalue weighted by Crippen LogP contribution is -2.21. The molecular weight excluding hydrogens is 210 g/mol. The Balaban J connectivity index is 2.47. The van der Waals surface area contributed by atoms with E-state index in [1.165, 1.54) is 18.5 Å². The van der Waals surface area contributed by atoms with Gasteiger partial charge in [0.1, 0.15) is 0 Å². The van der Waals surface area contributed by atoms with E-state index in [2.05, 4.69) is 42.6 Å². The SMILES string of the molecule is CCC(CC)Cn1cncc1CNCC(C)C. The topological polar surface area (TPSA) is 29.9 Å². The van der Waals surface area contributed by atoms with Crippen LogP contribution in [-0.2, 0) is 13.1 Å². The van der Waals surface area contributed by atoms with E-state index in [9.17, 15) is 0 Å². The first kappa shape index (κ1) is 14.2. The second-order valence-electron chi connectivity index (χ2n) is 5.24. The predicted molar refractivity (Wildman–Crippen MR) is 72.8 cm³/mol. The normalized spacial score (nSPS) is 11.6. The summed E-state index contributed by atoms with van der Waals surface area (Å²) in [5.41, 5.74) is 1.30. The number of rotatable bonds is 8. The van der Waals surface area contributed by atoms with Gasteiger partial charge >= 0.3 is 0 Å². The van der Waals surface area contributed by atoms with Gasteiger partial charge in [0, 0.05) is 19.3 Å². The van der Waals surface area contributed by atoms with Crippen molar-refractivity contribution in [2.45, 2.75) is 53.6 Å². The Morgan fingerprint density at radius 2 is 2.00 bits per heavy atom. The molecule has 0 fully saturated rings. The lowest BCUT2D eigenvalue weighted by Gasteiger charge is -2.16. The van der Waals surface area contributed by atoms with Crippen LogP contribution in [0.25, 0.3) is 0 Å². The summed E-state index contributed by atoms with van der Waals surface area (Å²) in [5.74, 6) is 1.47. The third kappa shape index (κ3) is 4.90. The van der Waals surface area contributed by atoms with Crippen molar-refractivity contribution in [1.82, 2.24) is 14.9 Å². The molecule has 3 nitrogen and oxygen atoms in total. The second kappa shape index (κ2) is 7.49. The van der Waals surface area contributed by atoms with Crippen molar-refractivity contribution in [3.63, 3.8) is 0 Å². The van der Waals surface area contributed by atoms with E-state index in [1.54, 1.807) is 0 Å². The highest BCUT2D eigenvalue weighted by atomic mass is 15.1. The van der Waals surface area contributed by atoms with E-state index in [1.807, 2.05) is 12.5 Å². The Bertz CT molecular complexity index is 300. The van der Waals surface area contributed by atoms with Crippen molar-refractivity contribution in [2.24, 2.45) is 11.8 Å². The minimum Gasteiger partial charge on any atom is -0.333 e. The summed E-state index contributed by atoms with van der Waals surface area (Å²) in [6, 6.07) is 0. The van der Waals surface area contributed by atoms with Crippen LogP contribution >= 0.6 is 0 Å². The summed E-state index contributed by atoms with van der Waals surface area (Å²) in [4.78, 5) is 4.26. The fourth-order valence-electron chi connectivity index (χ4n) is 1.97. The number of hydrogen-bond acceptors (Lipinski definition) is 2. The van der Waals surface area contributed by atoms with Gasteiger partial charge in [0.05, 0.1) is 12.0 Å². The average Bonchev–Trinajstić information content (AvgIpc) is 2.73. The summed E-state index contributed by atoms with van der Waals surface area (Å²) in [7, 11) is 0. The third-order valence-electron chi connectivity index (χ3n) is 3.27. The highest BCUT2D eigenvalue weighted by Crippen LogP contribution is 2.12. The molecule has 1 rings (SSSR count). The molecule has 0 unspecified atom stereocenters. The van der Waals surface area contributed by atoms with E-state index >= 15 is 0 Å². The van der Waals surface area contributed by atoms with Crippen LogP contribution in [0, 0.1) is 11.8 Å². The third-order valence-corrected chi connectivity index (χ3v) is 3.27. The monoisotopic (exact) mass is 237 g/mol. The molecule has 0 saturated heterocycles. The molecule has 0 saturated carbocycles. The minimum absolute atomic E-state index is 0.699. The van der Waals surface area contributed by atoms with Crippen LogP contribution in [0.15, 0.2) is 12.5 Å². The van der Waals surface area contributed by atoms with Crippen LogP contribution in [0.3, 0.4) is 0 Å². The maximum Gasteiger partial charge on any atom is 0.0948 e. The molecule has 17 heavy (non-hydrogen) atoms. The van der Waals surface area contributed by atoms with E-state index in [0.717, 1.165) is 25.6 Å². The number of nitrogens with one attached hydrogen (secondary N) is 1. The van der Waals surface area contributed by atoms with Gasteiger partial charge in [-0.15, -0.1) is 0 Å². The Kier molecular flexibility index (Phi) is 6.27. The Morgan fingerprint density at radius 3 is 2.59 bits per heavy atom. The lowest BCUT2D eigenvalue weighted by atomic mass is 10.0. The van der Waals surface area contributed by atoms with Gasteiger partial charge < -0.3 is 9.88 Å². The number of imidazole rings is 1. The van der Waals surface area contributed by atoms with Crippen LogP contribution in [0.2, 0.25) is 0 Å². The fraction of sp³-hybridized carbons (Fsp3) is 0.786. The first-order valence-corrected chi connectivity index (χ1v) is 6.87. The average molecular weight is 237 g/mol. The Morgan fingerprint density at radius 1 is 1.29 bits per heavy atom. The number of aromatic nitrogens is 2. The molecule has 98 valence electrons. The smallest absolute Gasteiger partial charge is 0.0948 e. The molecule has 0 atom stereocenters. The van der Waals surface area contributed by atoms with Crippen molar-refractivity contribution in [1.29, 1.82) is 0 Å². The van der Waals surface area contributed by atoms with E-state index < -0.39 is 0 Å². The van der Waals surface area contributed by atoms with Gasteiger partial charge in [0.2, 0.25) is 0 Å². The van der Waals surface area contributed by atoms with Crippen LogP contribution in [0.4, 0.5) is 0 Å². The summed E-state index contributed by atoms with van der Waals surface area (Å²) in [6.07, 6.45) is 6.43. The molecule has 0 aliphatic carbocycles. The van der Waals surface area contributed by atoms with Gasteiger partial charge in [0.25, 0.3) is 0 Å². The predicted octanol–water partition coefficient (Wildman–Crippen LogP) is 3.06. The van der Waals surface area contributed by atoms with Gasteiger partial charge in [0.15, 0.2) is 0 Å². The molecule has 1 N–H and O–H groups in total. The zero-order chi connectivity index (χ0) is 12.7. The van der Waals surface area contributed by atoms with Crippen LogP contribution in [0.5, 0.6) is 0 Å². The standard InChI is InChI=1S/C14H27N3/c1-5-13(6-2)10-17-11-16-9-14(17)8-15-7-12(3)4/h9,11-13,15H,5-8,10H2,1-4H3. The van der Waals surface area contributed by atoms with Gasteiger partial charge in [-0.1, -0.05) is 40.5 Å². The zero-order valence-electron chi connectivity index (χ0n) is 11.7. The maximum atomic E-state index is 4.26. The molecule has 1 aromatic heterocycles. The van der Waals surface area contributed by atoms with Crippen LogP contribution in [0.1, 0.15) is 46.2 Å². The van der Waals surface area contributed by atoms with Crippen LogP contribution < -0.4 is 5.32 Å². The maximum absolute atomic E-state index is 4.26. The van der Waals surface area contributed by atoms with Crippen molar-refractivity contribution in [3.05, 3.63) is 18.2 Å². The van der Waals surface area contributed by atoms with E-state index in [-0.39, 0.29) is 0 Å². The summed E-state index contributed by atoms with van der Waals surface area (Å²) in [6.45, 7) is 12.1. The van der Waals surface area contributed by atoms with Crippen molar-refractivity contribution >= 4 is 0 Å². The first-order valence-electron chi connectivity index (χ1n) is 6.87. The molecule has 0 bridgehead atoms. The van der Waals surface area contributed by atoms with Crippen LogP contribution in [-0.4, -0.2) is 16.1 Å². The molecular formula is C14H27N3. The van der Waals surface area contributed by atoms with Gasteiger partial charge in [-0.25, -0.2) is 4.98 Å². The highest BCUT2D eigenvalue weighted by molar-refractivity contribution is 4.98. The summed E-state index contributed by atoms with van der Waals surface area (Å²) in [5, 5.41) is 3.48. The zero-order valence-corrected chi connectivity index (χ0v) is 11.7. The largest absolute Gasteiger partial charge is 0.333 e. The van der Waals surface area contributed by atoms with Gasteiger partial charge in [-0.2, -0.15) is 0 Å².